The van der Waals surface area contributed by atoms with Gasteiger partial charge >= 0.3 is 5.97 Å². The summed E-state index contributed by atoms with van der Waals surface area (Å²) in [5.74, 6) is -0.909. The van der Waals surface area contributed by atoms with Gasteiger partial charge in [-0.3, -0.25) is 0 Å². The zero-order valence-corrected chi connectivity index (χ0v) is 9.85. The van der Waals surface area contributed by atoms with Gasteiger partial charge in [-0.15, -0.1) is 0 Å². The summed E-state index contributed by atoms with van der Waals surface area (Å²) in [5.41, 5.74) is 0.729. The highest BCUT2D eigenvalue weighted by atomic mass is 16.4. The average Bonchev–Trinajstić information content (AvgIpc) is 2.30. The first kappa shape index (κ1) is 12.1. The van der Waals surface area contributed by atoms with Gasteiger partial charge in [-0.1, -0.05) is 31.4 Å². The molecule has 3 heteroatoms. The van der Waals surface area contributed by atoms with E-state index in [-0.39, 0.29) is 0 Å². The maximum atomic E-state index is 10.7. The molecule has 3 nitrogen and oxygen atoms in total. The summed E-state index contributed by atoms with van der Waals surface area (Å²) >= 11 is 0. The van der Waals surface area contributed by atoms with Crippen molar-refractivity contribution in [3.63, 3.8) is 0 Å². The molecule has 0 aliphatic heterocycles. The molecule has 0 bridgehead atoms. The fraction of sp³-hybridized carbons (Fsp3) is 0.500. The van der Waals surface area contributed by atoms with Gasteiger partial charge in [0.15, 0.2) is 0 Å². The van der Waals surface area contributed by atoms with E-state index < -0.39 is 11.6 Å². The largest absolute Gasteiger partial charge is 0.478 e. The van der Waals surface area contributed by atoms with E-state index >= 15 is 0 Å². The molecule has 0 radical (unpaired) electrons. The third-order valence-electron chi connectivity index (χ3n) is 3.52. The second-order valence-electron chi connectivity index (χ2n) is 4.96. The van der Waals surface area contributed by atoms with E-state index in [2.05, 4.69) is 0 Å². The lowest BCUT2D eigenvalue weighted by Crippen LogP contribution is -2.33. The second kappa shape index (κ2) is 4.88. The molecule has 1 aromatic rings. The second-order valence-corrected chi connectivity index (χ2v) is 4.96. The van der Waals surface area contributed by atoms with Crippen molar-refractivity contribution in [2.75, 3.05) is 0 Å². The summed E-state index contributed by atoms with van der Waals surface area (Å²) in [6.45, 7) is 0. The smallest absolute Gasteiger partial charge is 0.335 e. The first-order valence-corrected chi connectivity index (χ1v) is 6.14. The minimum Gasteiger partial charge on any atom is -0.478 e. The summed E-state index contributed by atoms with van der Waals surface area (Å²) in [6.07, 6.45) is 5.72. The number of hydrogen-bond donors (Lipinski definition) is 2. The van der Waals surface area contributed by atoms with Crippen molar-refractivity contribution >= 4 is 5.97 Å². The fourth-order valence-corrected chi connectivity index (χ4v) is 2.53. The van der Waals surface area contributed by atoms with E-state index in [0.717, 1.165) is 31.2 Å². The lowest BCUT2D eigenvalue weighted by atomic mass is 9.80. The molecule has 17 heavy (non-hydrogen) atoms. The Morgan fingerprint density at radius 1 is 1.12 bits per heavy atom. The predicted molar refractivity (Wildman–Crippen MR) is 65.1 cm³/mol. The molecule has 1 aliphatic carbocycles. The molecule has 0 aromatic heterocycles. The summed E-state index contributed by atoms with van der Waals surface area (Å²) < 4.78 is 0. The standard InChI is InChI=1S/C14H18O3/c15-13(16)12-6-4-11(5-7-12)10-14(17)8-2-1-3-9-14/h4-7,17H,1-3,8-10H2,(H,15,16). The van der Waals surface area contributed by atoms with E-state index in [4.69, 9.17) is 5.11 Å². The molecule has 0 spiro atoms. The van der Waals surface area contributed by atoms with Crippen LogP contribution >= 0.6 is 0 Å². The number of benzene rings is 1. The van der Waals surface area contributed by atoms with Crippen molar-refractivity contribution < 1.29 is 15.0 Å². The molecule has 1 aromatic carbocycles. The first-order chi connectivity index (χ1) is 8.09. The van der Waals surface area contributed by atoms with Gasteiger partial charge in [-0.2, -0.15) is 0 Å². The Bertz CT molecular complexity index is 388. The van der Waals surface area contributed by atoms with Crippen LogP contribution in [-0.2, 0) is 6.42 Å². The Balaban J connectivity index is 2.05. The summed E-state index contributed by atoms with van der Waals surface area (Å²) in [7, 11) is 0. The SMILES string of the molecule is O=C(O)c1ccc(CC2(O)CCCCC2)cc1. The monoisotopic (exact) mass is 234 g/mol. The summed E-state index contributed by atoms with van der Waals surface area (Å²) in [6, 6.07) is 6.81. The van der Waals surface area contributed by atoms with E-state index in [1.165, 1.54) is 6.42 Å². The number of carbonyl (C=O) groups is 1. The Morgan fingerprint density at radius 3 is 2.24 bits per heavy atom. The Hall–Kier alpha value is -1.35. The molecule has 2 N–H and O–H groups in total. The van der Waals surface area contributed by atoms with Crippen LogP contribution in [0.3, 0.4) is 0 Å². The zero-order valence-electron chi connectivity index (χ0n) is 9.85. The van der Waals surface area contributed by atoms with Crippen molar-refractivity contribution in [2.45, 2.75) is 44.1 Å². The van der Waals surface area contributed by atoms with Crippen LogP contribution in [0.2, 0.25) is 0 Å². The van der Waals surface area contributed by atoms with Gasteiger partial charge in [0.1, 0.15) is 0 Å². The van der Waals surface area contributed by atoms with Gasteiger partial charge < -0.3 is 10.2 Å². The Morgan fingerprint density at radius 2 is 1.71 bits per heavy atom. The average molecular weight is 234 g/mol. The highest BCUT2D eigenvalue weighted by molar-refractivity contribution is 5.87. The molecule has 1 fully saturated rings. The van der Waals surface area contributed by atoms with Crippen LogP contribution in [-0.4, -0.2) is 21.8 Å². The third-order valence-corrected chi connectivity index (χ3v) is 3.52. The van der Waals surface area contributed by atoms with Crippen LogP contribution in [0.4, 0.5) is 0 Å². The van der Waals surface area contributed by atoms with Crippen LogP contribution in [0.25, 0.3) is 0 Å². The molecule has 1 aliphatic rings. The molecule has 92 valence electrons. The number of aromatic carboxylic acids is 1. The molecule has 2 rings (SSSR count). The molecular formula is C14H18O3. The number of rotatable bonds is 3. The number of hydrogen-bond acceptors (Lipinski definition) is 2. The maximum absolute atomic E-state index is 10.7. The maximum Gasteiger partial charge on any atom is 0.335 e. The van der Waals surface area contributed by atoms with Gasteiger partial charge in [0.2, 0.25) is 0 Å². The zero-order chi connectivity index (χ0) is 12.3. The number of carboxylic acid groups (broad SMARTS) is 1. The fourth-order valence-electron chi connectivity index (χ4n) is 2.53. The van der Waals surface area contributed by atoms with Gasteiger partial charge in [0.05, 0.1) is 11.2 Å². The normalized spacial score (nSPS) is 18.9. The molecule has 0 heterocycles. The van der Waals surface area contributed by atoms with E-state index in [9.17, 15) is 9.90 Å². The van der Waals surface area contributed by atoms with Crippen LogP contribution < -0.4 is 0 Å². The lowest BCUT2D eigenvalue weighted by Gasteiger charge is -2.32. The third kappa shape index (κ3) is 3.07. The van der Waals surface area contributed by atoms with Gasteiger partial charge in [-0.25, -0.2) is 4.79 Å². The number of aliphatic hydroxyl groups is 1. The van der Waals surface area contributed by atoms with Crippen LogP contribution in [0.1, 0.15) is 48.0 Å². The number of carboxylic acids is 1. The molecule has 0 unspecified atom stereocenters. The predicted octanol–water partition coefficient (Wildman–Crippen LogP) is 2.62. The summed E-state index contributed by atoms with van der Waals surface area (Å²) in [5, 5.41) is 19.2. The van der Waals surface area contributed by atoms with E-state index in [1.54, 1.807) is 24.3 Å². The van der Waals surface area contributed by atoms with Crippen molar-refractivity contribution in [1.82, 2.24) is 0 Å². The van der Waals surface area contributed by atoms with Crippen LogP contribution in [0.15, 0.2) is 24.3 Å². The highest BCUT2D eigenvalue weighted by Gasteiger charge is 2.29. The molecule has 0 saturated heterocycles. The summed E-state index contributed by atoms with van der Waals surface area (Å²) in [4.78, 5) is 10.7. The van der Waals surface area contributed by atoms with Crippen molar-refractivity contribution in [3.05, 3.63) is 35.4 Å². The highest BCUT2D eigenvalue weighted by Crippen LogP contribution is 2.31. The van der Waals surface area contributed by atoms with Crippen molar-refractivity contribution in [2.24, 2.45) is 0 Å². The van der Waals surface area contributed by atoms with Gasteiger partial charge in [0, 0.05) is 6.42 Å². The Labute approximate surface area is 101 Å². The van der Waals surface area contributed by atoms with E-state index in [1.807, 2.05) is 0 Å². The van der Waals surface area contributed by atoms with E-state index in [0.29, 0.717) is 12.0 Å². The van der Waals surface area contributed by atoms with Crippen molar-refractivity contribution in [1.29, 1.82) is 0 Å². The Kier molecular flexibility index (Phi) is 3.48. The van der Waals surface area contributed by atoms with Gasteiger partial charge in [0.25, 0.3) is 0 Å². The lowest BCUT2D eigenvalue weighted by molar-refractivity contribution is 0.00449. The molecule has 0 amide bonds. The quantitative estimate of drug-likeness (QED) is 0.845. The molecular weight excluding hydrogens is 216 g/mol. The first-order valence-electron chi connectivity index (χ1n) is 6.14. The minimum absolute atomic E-state index is 0.296. The minimum atomic E-state index is -0.909. The van der Waals surface area contributed by atoms with Crippen LogP contribution in [0.5, 0.6) is 0 Å². The molecule has 0 atom stereocenters. The topological polar surface area (TPSA) is 57.5 Å². The van der Waals surface area contributed by atoms with Crippen molar-refractivity contribution in [3.8, 4) is 0 Å². The molecule has 1 saturated carbocycles. The van der Waals surface area contributed by atoms with Gasteiger partial charge in [-0.05, 0) is 30.5 Å². The van der Waals surface area contributed by atoms with Crippen LogP contribution in [0, 0.1) is 0 Å².